The van der Waals surface area contributed by atoms with Crippen molar-refractivity contribution in [2.75, 3.05) is 39.3 Å². The first kappa shape index (κ1) is 31.9. The first-order valence-corrected chi connectivity index (χ1v) is 17.5. The number of carbonyl (C=O) groups excluding carboxylic acids is 1. The van der Waals surface area contributed by atoms with Gasteiger partial charge in [0.1, 0.15) is 5.75 Å². The topological polar surface area (TPSA) is 56.8 Å². The first-order chi connectivity index (χ1) is 24.4. The van der Waals surface area contributed by atoms with Gasteiger partial charge in [-0.2, -0.15) is 0 Å². The van der Waals surface area contributed by atoms with Crippen molar-refractivity contribution in [1.29, 1.82) is 0 Å². The Bertz CT molecular complexity index is 2270. The van der Waals surface area contributed by atoms with Crippen LogP contribution in [0.15, 0.2) is 91.3 Å². The lowest BCUT2D eigenvalue weighted by Crippen LogP contribution is -2.38. The number of ether oxygens (including phenoxy) is 3. The van der Waals surface area contributed by atoms with E-state index in [1.165, 1.54) is 33.5 Å². The molecule has 5 aromatic carbocycles. The van der Waals surface area contributed by atoms with Crippen LogP contribution in [-0.2, 0) is 19.5 Å². The van der Waals surface area contributed by atoms with Crippen LogP contribution in [0.4, 0.5) is 5.69 Å². The van der Waals surface area contributed by atoms with Crippen LogP contribution in [0.1, 0.15) is 50.5 Å². The Labute approximate surface area is 293 Å². The van der Waals surface area contributed by atoms with Crippen molar-refractivity contribution in [3.63, 3.8) is 0 Å². The van der Waals surface area contributed by atoms with Crippen molar-refractivity contribution in [1.82, 2.24) is 4.57 Å². The number of para-hydroxylation sites is 1. The number of anilines is 1. The lowest BCUT2D eigenvalue weighted by Gasteiger charge is -2.39. The molecule has 0 unspecified atom stereocenters. The van der Waals surface area contributed by atoms with E-state index in [9.17, 15) is 4.79 Å². The number of aryl methyl sites for hydroxylation is 3. The molecule has 7 heteroatoms. The summed E-state index contributed by atoms with van der Waals surface area (Å²) in [6, 6.07) is 29.5. The predicted molar refractivity (Wildman–Crippen MR) is 198 cm³/mol. The number of fused-ring (bicyclic) bond motifs is 7. The number of hydrogen-bond donors (Lipinski definition) is 0. The minimum Gasteiger partial charge on any atom is -0.495 e. The largest absolute Gasteiger partial charge is 0.495 e. The number of benzene rings is 5. The number of carbonyl (C=O) groups is 1. The molecule has 0 saturated carbocycles. The maximum absolute atomic E-state index is 13.6. The van der Waals surface area contributed by atoms with Gasteiger partial charge in [-0.1, -0.05) is 48.5 Å². The fraction of sp³-hybridized carbons (Fsp3) is 0.302. The summed E-state index contributed by atoms with van der Waals surface area (Å²) in [5, 5.41) is 2.22. The normalized spacial score (nSPS) is 16.3. The maximum atomic E-state index is 13.6. The molecule has 2 aliphatic rings. The van der Waals surface area contributed by atoms with Gasteiger partial charge in [0.25, 0.3) is 0 Å². The Hall–Kier alpha value is -5.30. The van der Waals surface area contributed by atoms with Crippen LogP contribution in [0.25, 0.3) is 21.8 Å². The highest BCUT2D eigenvalue weighted by Crippen LogP contribution is 2.53. The molecule has 0 radical (unpaired) electrons. The average Bonchev–Trinajstić information content (AvgIpc) is 3.66. The molecule has 0 spiro atoms. The molecule has 0 saturated heterocycles. The van der Waals surface area contributed by atoms with Crippen molar-refractivity contribution in [2.24, 2.45) is 5.92 Å². The van der Waals surface area contributed by atoms with Crippen molar-refractivity contribution in [2.45, 2.75) is 45.7 Å². The summed E-state index contributed by atoms with van der Waals surface area (Å²) >= 11 is 0. The van der Waals surface area contributed by atoms with E-state index in [4.69, 9.17) is 14.2 Å². The van der Waals surface area contributed by atoms with Crippen LogP contribution >= 0.6 is 0 Å². The van der Waals surface area contributed by atoms with Gasteiger partial charge in [-0.3, -0.25) is 4.79 Å². The highest BCUT2D eigenvalue weighted by atomic mass is 16.5. The van der Waals surface area contributed by atoms with E-state index in [1.807, 2.05) is 30.3 Å². The van der Waals surface area contributed by atoms with E-state index in [1.54, 1.807) is 21.3 Å². The second-order valence-electron chi connectivity index (χ2n) is 13.9. The van der Waals surface area contributed by atoms with Gasteiger partial charge in [0.15, 0.2) is 29.1 Å². The quantitative estimate of drug-likeness (QED) is 0.110. The van der Waals surface area contributed by atoms with E-state index < -0.39 is 0 Å². The number of aromatic nitrogens is 2. The van der Waals surface area contributed by atoms with Crippen LogP contribution in [0.3, 0.4) is 0 Å². The molecule has 2 heterocycles. The molecule has 0 fully saturated rings. The highest BCUT2D eigenvalue weighted by molar-refractivity contribution is 5.99. The van der Waals surface area contributed by atoms with Gasteiger partial charge in [-0.25, -0.2) is 9.13 Å². The molecule has 50 heavy (non-hydrogen) atoms. The third-order valence-electron chi connectivity index (χ3n) is 11.0. The predicted octanol–water partition coefficient (Wildman–Crippen LogP) is 7.82. The zero-order valence-electron chi connectivity index (χ0n) is 29.5. The van der Waals surface area contributed by atoms with E-state index in [-0.39, 0.29) is 11.7 Å². The number of methoxy groups -OCH3 is 3. The molecule has 0 bridgehead atoms. The summed E-state index contributed by atoms with van der Waals surface area (Å²) in [4.78, 5) is 16.2. The molecule has 0 amide bonds. The number of Topliss-reactive ketones (excluding diaryl/α,β-unsaturated/α-hetero) is 1. The lowest BCUT2D eigenvalue weighted by atomic mass is 9.81. The Morgan fingerprint density at radius 3 is 2.34 bits per heavy atom. The molecule has 1 aliphatic carbocycles. The summed E-state index contributed by atoms with van der Waals surface area (Å²) in [5.74, 6) is 3.31. The summed E-state index contributed by atoms with van der Waals surface area (Å²) in [5.41, 5.74) is 10.6. The minimum atomic E-state index is 0.109. The van der Waals surface area contributed by atoms with Gasteiger partial charge in [0.2, 0.25) is 12.1 Å². The highest BCUT2D eigenvalue weighted by Gasteiger charge is 2.42. The zero-order valence-corrected chi connectivity index (χ0v) is 29.5. The van der Waals surface area contributed by atoms with Crippen LogP contribution in [-0.4, -0.2) is 44.8 Å². The van der Waals surface area contributed by atoms with Gasteiger partial charge >= 0.3 is 0 Å². The van der Waals surface area contributed by atoms with E-state index >= 15 is 0 Å². The Kier molecular flexibility index (Phi) is 8.22. The molecule has 1 aliphatic heterocycles. The monoisotopic (exact) mass is 666 g/mol. The first-order valence-electron chi connectivity index (χ1n) is 17.5. The van der Waals surface area contributed by atoms with Crippen molar-refractivity contribution < 1.29 is 23.6 Å². The number of rotatable bonds is 10. The molecule has 1 aromatic heterocycles. The summed E-state index contributed by atoms with van der Waals surface area (Å²) in [7, 11) is 5.18. The number of imidazole rings is 1. The Morgan fingerprint density at radius 1 is 0.780 bits per heavy atom. The molecule has 254 valence electrons. The number of ketones is 1. The molecule has 6 aromatic rings. The third kappa shape index (κ3) is 5.45. The van der Waals surface area contributed by atoms with Crippen molar-refractivity contribution in [3.8, 4) is 17.2 Å². The number of nitrogens with zero attached hydrogens (tertiary/aromatic N) is 3. The summed E-state index contributed by atoms with van der Waals surface area (Å²) < 4.78 is 21.8. The van der Waals surface area contributed by atoms with Crippen LogP contribution in [0.2, 0.25) is 0 Å². The van der Waals surface area contributed by atoms with Crippen LogP contribution in [0, 0.1) is 19.8 Å². The van der Waals surface area contributed by atoms with Gasteiger partial charge < -0.3 is 19.1 Å². The van der Waals surface area contributed by atoms with E-state index in [0.29, 0.717) is 12.5 Å². The molecular weight excluding hydrogens is 622 g/mol. The standard InChI is InChI=1S/C43H44N3O4/c1-27-18-36-37(19-28(27)2)46(25-38(47)31-15-14-29-10-6-7-11-30(29)20-31)26-45(36)17-9-16-44-24-33-21-32-22-40(49-4)41(50-5)23-35(32)42(33)34-12-8-13-39(48-3)43(34)44/h6-8,10-15,18-20,22-23,26,33,42H,9,16-17,21,24-25H2,1-5H3/q+1/t33-,42-/m0/s1. The van der Waals surface area contributed by atoms with Gasteiger partial charge in [-0.15, -0.1) is 0 Å². The molecule has 7 nitrogen and oxygen atoms in total. The van der Waals surface area contributed by atoms with Gasteiger partial charge in [0, 0.05) is 31.0 Å². The molecule has 2 atom stereocenters. The molecular formula is C43H44N3O4+. The second kappa shape index (κ2) is 12.9. The van der Waals surface area contributed by atoms with Gasteiger partial charge in [-0.05, 0) is 101 Å². The minimum absolute atomic E-state index is 0.109. The Balaban J connectivity index is 1.06. The summed E-state index contributed by atoms with van der Waals surface area (Å²) in [6.45, 7) is 7.26. The van der Waals surface area contributed by atoms with E-state index in [0.717, 1.165) is 77.1 Å². The average molecular weight is 667 g/mol. The molecule has 8 rings (SSSR count). The SMILES string of the molecule is COc1cc2c(cc1OC)[C@@H]1c3cccc(OC)c3N(CCCn3c[n+](CC(=O)c4ccc5ccccc5c4)c4cc(C)c(C)cc43)C[C@@H]1C2. The number of hydrogen-bond acceptors (Lipinski definition) is 5. The zero-order chi connectivity index (χ0) is 34.5. The van der Waals surface area contributed by atoms with Crippen molar-refractivity contribution >= 4 is 33.3 Å². The Morgan fingerprint density at radius 2 is 1.54 bits per heavy atom. The fourth-order valence-corrected chi connectivity index (χ4v) is 8.40. The van der Waals surface area contributed by atoms with E-state index in [2.05, 4.69) is 88.8 Å². The third-order valence-corrected chi connectivity index (χ3v) is 11.0. The maximum Gasteiger partial charge on any atom is 0.245 e. The van der Waals surface area contributed by atoms with Crippen molar-refractivity contribution in [3.05, 3.63) is 125 Å². The second-order valence-corrected chi connectivity index (χ2v) is 13.9. The molecule has 0 N–H and O–H groups in total. The van der Waals surface area contributed by atoms with Crippen LogP contribution < -0.4 is 23.7 Å². The smallest absolute Gasteiger partial charge is 0.245 e. The lowest BCUT2D eigenvalue weighted by molar-refractivity contribution is -0.658. The van der Waals surface area contributed by atoms with Crippen LogP contribution in [0.5, 0.6) is 17.2 Å². The summed E-state index contributed by atoms with van der Waals surface area (Å²) in [6.07, 6.45) is 4.08. The fourth-order valence-electron chi connectivity index (χ4n) is 8.40. The van der Waals surface area contributed by atoms with Gasteiger partial charge in [0.05, 0.1) is 33.6 Å².